The fourth-order valence-corrected chi connectivity index (χ4v) is 2.67. The van der Waals surface area contributed by atoms with E-state index < -0.39 is 16.5 Å². The van der Waals surface area contributed by atoms with Gasteiger partial charge in [-0.05, 0) is 45.4 Å². The predicted octanol–water partition coefficient (Wildman–Crippen LogP) is 2.71. The third-order valence-electron chi connectivity index (χ3n) is 2.65. The fraction of sp³-hybridized carbons (Fsp3) is 0.538. The average Bonchev–Trinajstić information content (AvgIpc) is 2.27. The van der Waals surface area contributed by atoms with Crippen molar-refractivity contribution in [1.29, 1.82) is 0 Å². The van der Waals surface area contributed by atoms with Gasteiger partial charge in [-0.25, -0.2) is 8.93 Å². The summed E-state index contributed by atoms with van der Waals surface area (Å²) >= 11 is 3.40. The summed E-state index contributed by atoms with van der Waals surface area (Å²) in [6.07, 6.45) is 0. The van der Waals surface area contributed by atoms with Gasteiger partial charge in [0.2, 0.25) is 0 Å². The lowest BCUT2D eigenvalue weighted by Crippen LogP contribution is -2.48. The number of hydrogen-bond donors (Lipinski definition) is 2. The van der Waals surface area contributed by atoms with Gasteiger partial charge in [-0.3, -0.25) is 0 Å². The molecule has 5 heteroatoms. The van der Waals surface area contributed by atoms with Crippen LogP contribution in [0.3, 0.4) is 0 Å². The molecule has 0 bridgehead atoms. The Balaban J connectivity index is 3.03. The number of aliphatic hydroxyl groups excluding tert-OH is 1. The fourth-order valence-electron chi connectivity index (χ4n) is 1.37. The van der Waals surface area contributed by atoms with Crippen molar-refractivity contribution in [3.8, 4) is 0 Å². The second-order valence-corrected chi connectivity index (χ2v) is 8.37. The highest BCUT2D eigenvalue weighted by molar-refractivity contribution is 9.10. The largest absolute Gasteiger partial charge is 0.394 e. The van der Waals surface area contributed by atoms with Gasteiger partial charge in [0.15, 0.2) is 0 Å². The minimum absolute atomic E-state index is 0.120. The monoisotopic (exact) mass is 333 g/mol. The zero-order chi connectivity index (χ0) is 14.0. The molecule has 0 saturated carbocycles. The lowest BCUT2D eigenvalue weighted by atomic mass is 9.94. The molecule has 102 valence electrons. The second-order valence-electron chi connectivity index (χ2n) is 5.48. The Morgan fingerprint density at radius 3 is 2.39 bits per heavy atom. The van der Waals surface area contributed by atoms with Crippen LogP contribution in [0.25, 0.3) is 0 Å². The molecule has 0 amide bonds. The van der Waals surface area contributed by atoms with E-state index in [0.717, 1.165) is 10.0 Å². The normalized spacial score (nSPS) is 17.2. The van der Waals surface area contributed by atoms with Gasteiger partial charge in [0, 0.05) is 4.47 Å². The van der Waals surface area contributed by atoms with Gasteiger partial charge in [-0.2, -0.15) is 0 Å². The van der Waals surface area contributed by atoms with E-state index in [-0.39, 0.29) is 11.4 Å². The summed E-state index contributed by atoms with van der Waals surface area (Å²) in [5.41, 5.74) is 0.180. The molecule has 0 saturated heterocycles. The van der Waals surface area contributed by atoms with Crippen LogP contribution < -0.4 is 4.72 Å². The third-order valence-corrected chi connectivity index (χ3v) is 4.89. The molecule has 0 aliphatic rings. The first-order chi connectivity index (χ1) is 8.19. The molecule has 2 atom stereocenters. The molecule has 1 aromatic rings. The summed E-state index contributed by atoms with van der Waals surface area (Å²) < 4.78 is 15.8. The first-order valence-electron chi connectivity index (χ1n) is 5.76. The summed E-state index contributed by atoms with van der Waals surface area (Å²) in [5, 5.41) is 9.63. The van der Waals surface area contributed by atoms with Crippen molar-refractivity contribution in [2.45, 2.75) is 38.0 Å². The van der Waals surface area contributed by atoms with Crippen LogP contribution in [0.5, 0.6) is 0 Å². The Bertz CT molecular complexity index is 445. The summed E-state index contributed by atoms with van der Waals surface area (Å²) in [6, 6.07) is 7.65. The van der Waals surface area contributed by atoms with Crippen molar-refractivity contribution < 1.29 is 9.32 Å². The van der Waals surface area contributed by atoms with Gasteiger partial charge in [0.25, 0.3) is 0 Å². The zero-order valence-electron chi connectivity index (χ0n) is 11.2. The molecule has 3 nitrogen and oxygen atoms in total. The Kier molecular flexibility index (Phi) is 5.12. The van der Waals surface area contributed by atoms with Crippen LogP contribution in [0.4, 0.5) is 0 Å². The lowest BCUT2D eigenvalue weighted by molar-refractivity contribution is 0.197. The maximum atomic E-state index is 12.2. The van der Waals surface area contributed by atoms with Crippen molar-refractivity contribution in [2.24, 2.45) is 0 Å². The van der Waals surface area contributed by atoms with Crippen LogP contribution in [0.2, 0.25) is 0 Å². The van der Waals surface area contributed by atoms with Crippen molar-refractivity contribution in [2.75, 3.05) is 6.61 Å². The maximum absolute atomic E-state index is 12.2. The molecule has 1 aromatic carbocycles. The van der Waals surface area contributed by atoms with Crippen LogP contribution in [0.1, 0.15) is 33.3 Å². The smallest absolute Gasteiger partial charge is 0.0979 e. The average molecular weight is 334 g/mol. The third kappa shape index (κ3) is 3.88. The highest BCUT2D eigenvalue weighted by Crippen LogP contribution is 2.25. The Hall–Kier alpha value is -0.230. The first kappa shape index (κ1) is 15.8. The summed E-state index contributed by atoms with van der Waals surface area (Å²) in [4.78, 5) is 0. The number of hydrogen-bond acceptors (Lipinski definition) is 2. The topological polar surface area (TPSA) is 49.3 Å². The van der Waals surface area contributed by atoms with Gasteiger partial charge in [0.1, 0.15) is 0 Å². The standard InChI is InChI=1S/C13H20BrNO2S/c1-12(2,3)18(17)15-13(4,9-16)10-6-5-7-11(14)8-10/h5-8,15-16H,9H2,1-4H3/t13-,18-/m0/s1. The molecule has 0 unspecified atom stereocenters. The van der Waals surface area contributed by atoms with E-state index in [9.17, 15) is 9.32 Å². The Labute approximate surface area is 120 Å². The highest BCUT2D eigenvalue weighted by Gasteiger charge is 2.32. The molecule has 1 rings (SSSR count). The van der Waals surface area contributed by atoms with E-state index in [0.29, 0.717) is 0 Å². The van der Waals surface area contributed by atoms with E-state index in [1.54, 1.807) is 0 Å². The number of aliphatic hydroxyl groups is 1. The number of nitrogens with one attached hydrogen (secondary N) is 1. The van der Waals surface area contributed by atoms with Crippen LogP contribution in [0, 0.1) is 0 Å². The maximum Gasteiger partial charge on any atom is 0.0979 e. The van der Waals surface area contributed by atoms with E-state index in [1.165, 1.54) is 0 Å². The molecule has 0 heterocycles. The number of halogens is 1. The minimum atomic E-state index is -1.24. The predicted molar refractivity (Wildman–Crippen MR) is 79.6 cm³/mol. The van der Waals surface area contributed by atoms with Gasteiger partial charge in [-0.1, -0.05) is 28.1 Å². The van der Waals surface area contributed by atoms with Gasteiger partial charge >= 0.3 is 0 Å². The van der Waals surface area contributed by atoms with Gasteiger partial charge in [-0.15, -0.1) is 0 Å². The van der Waals surface area contributed by atoms with Crippen molar-refractivity contribution in [3.05, 3.63) is 34.3 Å². The number of benzene rings is 1. The molecule has 0 spiro atoms. The molecule has 0 aromatic heterocycles. The van der Waals surface area contributed by atoms with Crippen molar-refractivity contribution in [1.82, 2.24) is 4.72 Å². The zero-order valence-corrected chi connectivity index (χ0v) is 13.6. The van der Waals surface area contributed by atoms with E-state index in [4.69, 9.17) is 0 Å². The van der Waals surface area contributed by atoms with E-state index in [1.807, 2.05) is 52.0 Å². The molecule has 0 radical (unpaired) electrons. The van der Waals surface area contributed by atoms with Crippen molar-refractivity contribution >= 4 is 26.9 Å². The van der Waals surface area contributed by atoms with Crippen LogP contribution in [-0.2, 0) is 16.5 Å². The molecular weight excluding hydrogens is 314 g/mol. The second kappa shape index (κ2) is 5.82. The molecule has 18 heavy (non-hydrogen) atoms. The minimum Gasteiger partial charge on any atom is -0.394 e. The first-order valence-corrected chi connectivity index (χ1v) is 7.70. The SMILES string of the molecule is CC(C)(C)[S@](=O)N[C@@](C)(CO)c1cccc(Br)c1. The quantitative estimate of drug-likeness (QED) is 0.889. The molecule has 0 aliphatic heterocycles. The highest BCUT2D eigenvalue weighted by atomic mass is 79.9. The van der Waals surface area contributed by atoms with Crippen LogP contribution in [0.15, 0.2) is 28.7 Å². The van der Waals surface area contributed by atoms with E-state index >= 15 is 0 Å². The molecule has 0 aliphatic carbocycles. The lowest BCUT2D eigenvalue weighted by Gasteiger charge is -2.32. The molecule has 2 N–H and O–H groups in total. The van der Waals surface area contributed by atoms with Crippen LogP contribution in [-0.4, -0.2) is 20.7 Å². The van der Waals surface area contributed by atoms with Crippen LogP contribution >= 0.6 is 15.9 Å². The molecule has 0 fully saturated rings. The van der Waals surface area contributed by atoms with Crippen molar-refractivity contribution in [3.63, 3.8) is 0 Å². The summed E-state index contributed by atoms with van der Waals surface area (Å²) in [7, 11) is -1.24. The Morgan fingerprint density at radius 2 is 1.94 bits per heavy atom. The summed E-state index contributed by atoms with van der Waals surface area (Å²) in [6.45, 7) is 7.42. The Morgan fingerprint density at radius 1 is 1.33 bits per heavy atom. The van der Waals surface area contributed by atoms with E-state index in [2.05, 4.69) is 20.7 Å². The molecular formula is C13H20BrNO2S. The summed E-state index contributed by atoms with van der Waals surface area (Å²) in [5.74, 6) is 0. The number of rotatable bonds is 4. The van der Waals surface area contributed by atoms with Gasteiger partial charge in [0.05, 0.1) is 27.9 Å². The van der Waals surface area contributed by atoms with Gasteiger partial charge < -0.3 is 5.11 Å².